The van der Waals surface area contributed by atoms with E-state index in [4.69, 9.17) is 5.73 Å². The molecule has 0 bridgehead atoms. The molecule has 20 heavy (non-hydrogen) atoms. The van der Waals surface area contributed by atoms with Gasteiger partial charge in [0.1, 0.15) is 0 Å². The fraction of sp³-hybridized carbons (Fsp3) is 0.357. The Hall–Kier alpha value is -2.21. The molecule has 2 rings (SSSR count). The van der Waals surface area contributed by atoms with Gasteiger partial charge in [0.2, 0.25) is 5.91 Å². The normalized spacial score (nSPS) is 12.1. The molecule has 1 aromatic heterocycles. The molecule has 0 saturated carbocycles. The quantitative estimate of drug-likeness (QED) is 0.836. The lowest BCUT2D eigenvalue weighted by Gasteiger charge is -2.14. The Morgan fingerprint density at radius 2 is 2.25 bits per heavy atom. The smallest absolute Gasteiger partial charge is 0.227 e. The summed E-state index contributed by atoms with van der Waals surface area (Å²) in [5, 5.41) is 10.7. The van der Waals surface area contributed by atoms with Gasteiger partial charge in [0.05, 0.1) is 23.8 Å². The molecule has 1 aromatic carbocycles. The van der Waals surface area contributed by atoms with Crippen molar-refractivity contribution in [2.24, 2.45) is 11.7 Å². The molecule has 3 N–H and O–H groups in total. The van der Waals surface area contributed by atoms with Crippen molar-refractivity contribution in [3.8, 4) is 5.69 Å². The molecule has 106 valence electrons. The third-order valence-corrected chi connectivity index (χ3v) is 3.12. The highest BCUT2D eigenvalue weighted by Crippen LogP contribution is 2.20. The zero-order chi connectivity index (χ0) is 14.4. The van der Waals surface area contributed by atoms with Crippen LogP contribution >= 0.6 is 0 Å². The Morgan fingerprint density at radius 3 is 2.95 bits per heavy atom. The standard InChI is InChI=1S/C14H19N5O/c1-11(5-4-8-15)14(20)17-12-6-2-3-7-13(12)19-10-9-16-18-19/h2-3,6-7,9-11H,4-5,8,15H2,1H3,(H,17,20). The number of benzene rings is 1. The highest BCUT2D eigenvalue weighted by molar-refractivity contribution is 5.94. The Bertz CT molecular complexity index is 552. The Balaban J connectivity index is 2.12. The molecule has 6 heteroatoms. The summed E-state index contributed by atoms with van der Waals surface area (Å²) >= 11 is 0. The van der Waals surface area contributed by atoms with E-state index < -0.39 is 0 Å². The van der Waals surface area contributed by atoms with Crippen LogP contribution in [-0.4, -0.2) is 27.4 Å². The fourth-order valence-electron chi connectivity index (χ4n) is 1.93. The second-order valence-corrected chi connectivity index (χ2v) is 4.69. The van der Waals surface area contributed by atoms with Gasteiger partial charge in [0.25, 0.3) is 0 Å². The maximum absolute atomic E-state index is 12.1. The predicted octanol–water partition coefficient (Wildman–Crippen LogP) is 1.58. The summed E-state index contributed by atoms with van der Waals surface area (Å²) < 4.78 is 1.63. The van der Waals surface area contributed by atoms with Crippen LogP contribution in [0.4, 0.5) is 5.69 Å². The van der Waals surface area contributed by atoms with E-state index in [1.807, 2.05) is 31.2 Å². The molecule has 0 radical (unpaired) electrons. The first-order valence-corrected chi connectivity index (χ1v) is 6.69. The fourth-order valence-corrected chi connectivity index (χ4v) is 1.93. The van der Waals surface area contributed by atoms with Crippen LogP contribution in [0, 0.1) is 5.92 Å². The van der Waals surface area contributed by atoms with Crippen molar-refractivity contribution in [3.63, 3.8) is 0 Å². The minimum absolute atomic E-state index is 0.00832. The Labute approximate surface area is 118 Å². The largest absolute Gasteiger partial charge is 0.330 e. The number of hydrogen-bond acceptors (Lipinski definition) is 4. The van der Waals surface area contributed by atoms with E-state index in [0.29, 0.717) is 6.54 Å². The average Bonchev–Trinajstić information content (AvgIpc) is 2.99. The topological polar surface area (TPSA) is 85.8 Å². The van der Waals surface area contributed by atoms with Crippen LogP contribution in [-0.2, 0) is 4.79 Å². The number of rotatable bonds is 6. The van der Waals surface area contributed by atoms with E-state index in [-0.39, 0.29) is 11.8 Å². The van der Waals surface area contributed by atoms with Gasteiger partial charge in [-0.1, -0.05) is 24.3 Å². The molecule has 0 fully saturated rings. The molecular formula is C14H19N5O. The average molecular weight is 273 g/mol. The number of nitrogens with two attached hydrogens (primary N) is 1. The van der Waals surface area contributed by atoms with Crippen molar-refractivity contribution < 1.29 is 4.79 Å². The maximum Gasteiger partial charge on any atom is 0.227 e. The van der Waals surface area contributed by atoms with E-state index in [2.05, 4.69) is 15.6 Å². The van der Waals surface area contributed by atoms with Crippen LogP contribution in [0.15, 0.2) is 36.7 Å². The first-order chi connectivity index (χ1) is 9.72. The first kappa shape index (κ1) is 14.2. The van der Waals surface area contributed by atoms with Crippen LogP contribution < -0.4 is 11.1 Å². The molecule has 1 heterocycles. The molecule has 1 unspecified atom stereocenters. The number of aromatic nitrogens is 3. The molecule has 0 aliphatic carbocycles. The predicted molar refractivity (Wildman–Crippen MR) is 77.4 cm³/mol. The van der Waals surface area contributed by atoms with E-state index in [0.717, 1.165) is 24.2 Å². The summed E-state index contributed by atoms with van der Waals surface area (Å²) in [6.07, 6.45) is 4.97. The van der Waals surface area contributed by atoms with Gasteiger partial charge in [-0.25, -0.2) is 4.68 Å². The highest BCUT2D eigenvalue weighted by Gasteiger charge is 2.14. The number of anilines is 1. The van der Waals surface area contributed by atoms with Crippen LogP contribution in [0.25, 0.3) is 5.69 Å². The molecule has 1 amide bonds. The lowest BCUT2D eigenvalue weighted by Crippen LogP contribution is -2.22. The van der Waals surface area contributed by atoms with Crippen molar-refractivity contribution in [1.82, 2.24) is 15.0 Å². The third kappa shape index (κ3) is 3.42. The third-order valence-electron chi connectivity index (χ3n) is 3.12. The number of nitrogens with zero attached hydrogens (tertiary/aromatic N) is 3. The van der Waals surface area contributed by atoms with Crippen LogP contribution in [0.3, 0.4) is 0 Å². The Kier molecular flexibility index (Phi) is 4.84. The molecule has 1 atom stereocenters. The van der Waals surface area contributed by atoms with Gasteiger partial charge in [-0.15, -0.1) is 5.10 Å². The second-order valence-electron chi connectivity index (χ2n) is 4.69. The monoisotopic (exact) mass is 273 g/mol. The zero-order valence-corrected chi connectivity index (χ0v) is 11.5. The summed E-state index contributed by atoms with van der Waals surface area (Å²) in [5.74, 6) is -0.0756. The van der Waals surface area contributed by atoms with Gasteiger partial charge in [-0.2, -0.15) is 0 Å². The SMILES string of the molecule is CC(CCCN)C(=O)Nc1ccccc1-n1ccnn1. The molecule has 0 saturated heterocycles. The number of carbonyl (C=O) groups excluding carboxylic acids is 1. The summed E-state index contributed by atoms with van der Waals surface area (Å²) in [6.45, 7) is 2.51. The lowest BCUT2D eigenvalue weighted by molar-refractivity contribution is -0.119. The molecular weight excluding hydrogens is 254 g/mol. The summed E-state index contributed by atoms with van der Waals surface area (Å²) in [7, 11) is 0. The van der Waals surface area contributed by atoms with Gasteiger partial charge in [0, 0.05) is 5.92 Å². The van der Waals surface area contributed by atoms with Crippen molar-refractivity contribution in [2.75, 3.05) is 11.9 Å². The minimum atomic E-state index is -0.0673. The molecule has 0 spiro atoms. The lowest BCUT2D eigenvalue weighted by atomic mass is 10.0. The number of carbonyl (C=O) groups is 1. The van der Waals surface area contributed by atoms with Gasteiger partial charge < -0.3 is 11.1 Å². The summed E-state index contributed by atoms with van der Waals surface area (Å²) in [5.41, 5.74) is 6.99. The number of amides is 1. The van der Waals surface area contributed by atoms with Gasteiger partial charge in [-0.05, 0) is 31.5 Å². The molecule has 0 aliphatic heterocycles. The van der Waals surface area contributed by atoms with Crippen molar-refractivity contribution in [1.29, 1.82) is 0 Å². The van der Waals surface area contributed by atoms with Crippen molar-refractivity contribution in [2.45, 2.75) is 19.8 Å². The first-order valence-electron chi connectivity index (χ1n) is 6.69. The Morgan fingerprint density at radius 1 is 1.45 bits per heavy atom. The van der Waals surface area contributed by atoms with E-state index in [9.17, 15) is 4.79 Å². The van der Waals surface area contributed by atoms with Gasteiger partial charge >= 0.3 is 0 Å². The van der Waals surface area contributed by atoms with Gasteiger partial charge in [0.15, 0.2) is 0 Å². The second kappa shape index (κ2) is 6.81. The van der Waals surface area contributed by atoms with E-state index in [1.54, 1.807) is 17.1 Å². The highest BCUT2D eigenvalue weighted by atomic mass is 16.1. The van der Waals surface area contributed by atoms with E-state index >= 15 is 0 Å². The number of para-hydroxylation sites is 2. The van der Waals surface area contributed by atoms with Gasteiger partial charge in [-0.3, -0.25) is 4.79 Å². The van der Waals surface area contributed by atoms with Crippen LogP contribution in [0.2, 0.25) is 0 Å². The van der Waals surface area contributed by atoms with Crippen molar-refractivity contribution in [3.05, 3.63) is 36.7 Å². The van der Waals surface area contributed by atoms with Crippen LogP contribution in [0.5, 0.6) is 0 Å². The number of hydrogen-bond donors (Lipinski definition) is 2. The molecule has 2 aromatic rings. The van der Waals surface area contributed by atoms with Crippen molar-refractivity contribution >= 4 is 11.6 Å². The zero-order valence-electron chi connectivity index (χ0n) is 11.5. The molecule has 0 aliphatic rings. The maximum atomic E-state index is 12.1. The summed E-state index contributed by atoms with van der Waals surface area (Å²) in [6, 6.07) is 7.50. The van der Waals surface area contributed by atoms with E-state index in [1.165, 1.54) is 0 Å². The minimum Gasteiger partial charge on any atom is -0.330 e. The van der Waals surface area contributed by atoms with Crippen LogP contribution in [0.1, 0.15) is 19.8 Å². The summed E-state index contributed by atoms with van der Waals surface area (Å²) in [4.78, 5) is 12.1. The molecule has 6 nitrogen and oxygen atoms in total. The number of nitrogens with one attached hydrogen (secondary N) is 1.